The van der Waals surface area contributed by atoms with Gasteiger partial charge in [0.05, 0.1) is 10.5 Å². The third-order valence-corrected chi connectivity index (χ3v) is 6.11. The van der Waals surface area contributed by atoms with Crippen molar-refractivity contribution in [3.05, 3.63) is 29.8 Å². The van der Waals surface area contributed by atoms with Crippen LogP contribution in [0.1, 0.15) is 38.2 Å². The van der Waals surface area contributed by atoms with E-state index < -0.39 is 15.6 Å². The molecule has 0 spiro atoms. The van der Waals surface area contributed by atoms with Gasteiger partial charge in [0, 0.05) is 11.9 Å². The first-order valence-corrected chi connectivity index (χ1v) is 9.82. The third kappa shape index (κ3) is 4.52. The molecule has 1 saturated carbocycles. The largest absolute Gasteiger partial charge is 0.389 e. The number of hydrogen-bond acceptors (Lipinski definition) is 3. The number of halogens is 1. The molecule has 0 aliphatic heterocycles. The summed E-state index contributed by atoms with van der Waals surface area (Å²) in [6, 6.07) is 6.74. The van der Waals surface area contributed by atoms with Crippen LogP contribution in [-0.2, 0) is 15.4 Å². The molecule has 1 aliphatic rings. The van der Waals surface area contributed by atoms with Crippen LogP contribution in [0.2, 0.25) is 0 Å². The molecular formula is C15H22BrNO3S. The Morgan fingerprint density at radius 2 is 2.05 bits per heavy atom. The summed E-state index contributed by atoms with van der Waals surface area (Å²) in [4.78, 5) is 0.236. The summed E-state index contributed by atoms with van der Waals surface area (Å²) in [5.74, 6) is 0.437. The quantitative estimate of drug-likeness (QED) is 0.777. The fraction of sp³-hybridized carbons (Fsp3) is 0.600. The summed E-state index contributed by atoms with van der Waals surface area (Å²) >= 11 is 3.33. The van der Waals surface area contributed by atoms with Crippen molar-refractivity contribution in [2.24, 2.45) is 5.92 Å². The Balaban J connectivity index is 2.03. The molecule has 1 aromatic carbocycles. The van der Waals surface area contributed by atoms with E-state index in [-0.39, 0.29) is 11.4 Å². The van der Waals surface area contributed by atoms with Gasteiger partial charge in [-0.15, -0.1) is 0 Å². The molecule has 118 valence electrons. The fourth-order valence-electron chi connectivity index (χ4n) is 2.86. The van der Waals surface area contributed by atoms with Crippen molar-refractivity contribution in [1.29, 1.82) is 0 Å². The van der Waals surface area contributed by atoms with Gasteiger partial charge in [-0.05, 0) is 36.5 Å². The van der Waals surface area contributed by atoms with Gasteiger partial charge in [0.1, 0.15) is 0 Å². The van der Waals surface area contributed by atoms with Gasteiger partial charge in [-0.1, -0.05) is 47.8 Å². The molecule has 2 rings (SSSR count). The van der Waals surface area contributed by atoms with Gasteiger partial charge < -0.3 is 5.11 Å². The highest BCUT2D eigenvalue weighted by atomic mass is 79.9. The Morgan fingerprint density at radius 3 is 2.62 bits per heavy atom. The molecule has 1 aliphatic carbocycles. The molecule has 1 fully saturated rings. The first-order valence-electron chi connectivity index (χ1n) is 7.22. The number of alkyl halides is 1. The Kier molecular flexibility index (Phi) is 5.46. The molecule has 0 bridgehead atoms. The lowest BCUT2D eigenvalue weighted by Gasteiger charge is -2.35. The summed E-state index contributed by atoms with van der Waals surface area (Å²) in [5.41, 5.74) is 0.106. The fourth-order valence-corrected chi connectivity index (χ4v) is 4.36. The van der Waals surface area contributed by atoms with E-state index in [9.17, 15) is 13.5 Å². The number of sulfonamides is 1. The first-order chi connectivity index (χ1) is 9.85. The molecule has 2 unspecified atom stereocenters. The highest BCUT2D eigenvalue weighted by Gasteiger charge is 2.33. The molecular weight excluding hydrogens is 354 g/mol. The second-order valence-electron chi connectivity index (χ2n) is 6.03. The van der Waals surface area contributed by atoms with Crippen LogP contribution in [0.5, 0.6) is 0 Å². The van der Waals surface area contributed by atoms with Gasteiger partial charge >= 0.3 is 0 Å². The molecule has 0 amide bonds. The lowest BCUT2D eigenvalue weighted by molar-refractivity contribution is -0.00751. The molecule has 2 N–H and O–H groups in total. The van der Waals surface area contributed by atoms with Crippen LogP contribution < -0.4 is 4.72 Å². The van der Waals surface area contributed by atoms with Crippen molar-refractivity contribution in [3.8, 4) is 0 Å². The number of rotatable bonds is 5. The highest BCUT2D eigenvalue weighted by molar-refractivity contribution is 9.08. The van der Waals surface area contributed by atoms with E-state index in [0.717, 1.165) is 18.4 Å². The maximum absolute atomic E-state index is 12.3. The minimum atomic E-state index is -3.57. The van der Waals surface area contributed by atoms with Crippen LogP contribution in [0, 0.1) is 5.92 Å². The molecule has 1 aromatic rings. The van der Waals surface area contributed by atoms with Gasteiger partial charge in [-0.2, -0.15) is 0 Å². The van der Waals surface area contributed by atoms with E-state index in [0.29, 0.717) is 24.1 Å². The monoisotopic (exact) mass is 375 g/mol. The van der Waals surface area contributed by atoms with Gasteiger partial charge in [0.15, 0.2) is 0 Å². The minimum absolute atomic E-state index is 0.0832. The van der Waals surface area contributed by atoms with Crippen molar-refractivity contribution >= 4 is 26.0 Å². The van der Waals surface area contributed by atoms with Crippen LogP contribution >= 0.6 is 15.9 Å². The van der Waals surface area contributed by atoms with Crippen molar-refractivity contribution < 1.29 is 13.5 Å². The van der Waals surface area contributed by atoms with Crippen LogP contribution in [0.25, 0.3) is 0 Å². The molecule has 0 radical (unpaired) electrons. The van der Waals surface area contributed by atoms with E-state index >= 15 is 0 Å². The second-order valence-corrected chi connectivity index (χ2v) is 8.36. The van der Waals surface area contributed by atoms with Crippen molar-refractivity contribution in [2.75, 3.05) is 6.54 Å². The zero-order valence-corrected chi connectivity index (χ0v) is 14.6. The number of hydrogen-bond donors (Lipinski definition) is 2. The van der Waals surface area contributed by atoms with Gasteiger partial charge in [0.25, 0.3) is 0 Å². The van der Waals surface area contributed by atoms with E-state index in [1.807, 2.05) is 0 Å². The first kappa shape index (κ1) is 16.9. The molecule has 0 heterocycles. The lowest BCUT2D eigenvalue weighted by atomic mass is 9.79. The second kappa shape index (κ2) is 6.77. The van der Waals surface area contributed by atoms with Gasteiger partial charge in [-0.3, -0.25) is 0 Å². The lowest BCUT2D eigenvalue weighted by Crippen LogP contribution is -2.45. The standard InChI is InChI=1S/C15H22BrNO3S/c1-12-3-2-8-15(18,9-12)11-17-21(19,20)14-6-4-13(10-16)5-7-14/h4-7,12,17-18H,2-3,8-11H2,1H3. The predicted octanol–water partition coefficient (Wildman–Crippen LogP) is 2.80. The van der Waals surface area contributed by atoms with E-state index in [2.05, 4.69) is 27.6 Å². The smallest absolute Gasteiger partial charge is 0.240 e. The molecule has 0 aromatic heterocycles. The zero-order valence-electron chi connectivity index (χ0n) is 12.2. The maximum Gasteiger partial charge on any atom is 0.240 e. The molecule has 2 atom stereocenters. The van der Waals surface area contributed by atoms with E-state index in [1.54, 1.807) is 24.3 Å². The Bertz CT molecular complexity index is 573. The summed E-state index contributed by atoms with van der Waals surface area (Å²) < 4.78 is 27.1. The SMILES string of the molecule is CC1CCCC(O)(CNS(=O)(=O)c2ccc(CBr)cc2)C1. The van der Waals surface area contributed by atoms with Crippen molar-refractivity contribution in [3.63, 3.8) is 0 Å². The van der Waals surface area contributed by atoms with Crippen LogP contribution in [-0.4, -0.2) is 25.7 Å². The Labute approximate surface area is 135 Å². The van der Waals surface area contributed by atoms with Gasteiger partial charge in [0.2, 0.25) is 10.0 Å². The van der Waals surface area contributed by atoms with Crippen molar-refractivity contribution in [1.82, 2.24) is 4.72 Å². The summed E-state index contributed by atoms with van der Waals surface area (Å²) in [6.45, 7) is 2.18. The molecule has 21 heavy (non-hydrogen) atoms. The minimum Gasteiger partial charge on any atom is -0.389 e. The molecule has 6 heteroatoms. The normalized spacial score (nSPS) is 26.7. The predicted molar refractivity (Wildman–Crippen MR) is 86.8 cm³/mol. The van der Waals surface area contributed by atoms with E-state index in [1.165, 1.54) is 0 Å². The maximum atomic E-state index is 12.3. The summed E-state index contributed by atoms with van der Waals surface area (Å²) in [5, 5.41) is 11.2. The number of nitrogens with one attached hydrogen (secondary N) is 1. The Morgan fingerprint density at radius 1 is 1.38 bits per heavy atom. The number of benzene rings is 1. The van der Waals surface area contributed by atoms with Crippen LogP contribution in [0.15, 0.2) is 29.2 Å². The van der Waals surface area contributed by atoms with Gasteiger partial charge in [-0.25, -0.2) is 13.1 Å². The van der Waals surface area contributed by atoms with Crippen molar-refractivity contribution in [2.45, 2.75) is 48.4 Å². The summed E-state index contributed by atoms with van der Waals surface area (Å²) in [6.07, 6.45) is 3.35. The topological polar surface area (TPSA) is 66.4 Å². The molecule has 4 nitrogen and oxygen atoms in total. The highest BCUT2D eigenvalue weighted by Crippen LogP contribution is 2.31. The zero-order chi connectivity index (χ0) is 15.5. The molecule has 0 saturated heterocycles. The van der Waals surface area contributed by atoms with Crippen LogP contribution in [0.3, 0.4) is 0 Å². The Hall–Kier alpha value is -0.430. The number of aliphatic hydroxyl groups is 1. The van der Waals surface area contributed by atoms with E-state index in [4.69, 9.17) is 0 Å². The van der Waals surface area contributed by atoms with Crippen LogP contribution in [0.4, 0.5) is 0 Å². The average molecular weight is 376 g/mol. The third-order valence-electron chi connectivity index (χ3n) is 4.05. The average Bonchev–Trinajstić information content (AvgIpc) is 2.45. The summed E-state index contributed by atoms with van der Waals surface area (Å²) in [7, 11) is -3.57.